The van der Waals surface area contributed by atoms with Crippen LogP contribution in [0.25, 0.3) is 0 Å². The van der Waals surface area contributed by atoms with Gasteiger partial charge in [-0.15, -0.1) is 0 Å². The van der Waals surface area contributed by atoms with E-state index < -0.39 is 5.54 Å². The molecule has 0 fully saturated rings. The van der Waals surface area contributed by atoms with Crippen molar-refractivity contribution < 1.29 is 9.53 Å². The lowest BCUT2D eigenvalue weighted by molar-refractivity contribution is -0.136. The monoisotopic (exact) mass is 325 g/mol. The number of methoxy groups -OCH3 is 1. The van der Waals surface area contributed by atoms with Gasteiger partial charge in [0.15, 0.2) is 0 Å². The quantitative estimate of drug-likeness (QED) is 0.911. The summed E-state index contributed by atoms with van der Waals surface area (Å²) in [5.74, 6) is 0.774. The van der Waals surface area contributed by atoms with Crippen LogP contribution in [0.2, 0.25) is 0 Å². The molecule has 5 heteroatoms. The van der Waals surface area contributed by atoms with Gasteiger partial charge in [-0.25, -0.2) is 0 Å². The molecule has 1 aromatic heterocycles. The van der Waals surface area contributed by atoms with E-state index in [0.29, 0.717) is 13.0 Å². The first kappa shape index (κ1) is 16.5. The molecule has 1 aliphatic rings. The zero-order chi connectivity index (χ0) is 17.2. The fourth-order valence-electron chi connectivity index (χ4n) is 3.40. The topological polar surface area (TPSA) is 68.5 Å². The second kappa shape index (κ2) is 6.61. The van der Waals surface area contributed by atoms with Gasteiger partial charge in [-0.2, -0.15) is 0 Å². The Labute approximate surface area is 142 Å². The van der Waals surface area contributed by atoms with E-state index in [1.165, 1.54) is 0 Å². The largest absolute Gasteiger partial charge is 0.496 e. The number of carbonyl (C=O) groups is 1. The fraction of sp³-hybridized carbons (Fsp3) is 0.368. The number of rotatable bonds is 5. The third kappa shape index (κ3) is 2.87. The van der Waals surface area contributed by atoms with E-state index in [9.17, 15) is 4.79 Å². The molecule has 0 spiro atoms. The van der Waals surface area contributed by atoms with E-state index in [1.54, 1.807) is 24.4 Å². The van der Waals surface area contributed by atoms with Gasteiger partial charge in [-0.1, -0.05) is 12.1 Å². The molecule has 126 valence electrons. The molecular weight excluding hydrogens is 302 g/mol. The number of ether oxygens (including phenoxy) is 1. The van der Waals surface area contributed by atoms with E-state index >= 15 is 0 Å². The van der Waals surface area contributed by atoms with Crippen LogP contribution >= 0.6 is 0 Å². The first-order chi connectivity index (χ1) is 11.6. The molecule has 1 aromatic carbocycles. The van der Waals surface area contributed by atoms with Gasteiger partial charge >= 0.3 is 0 Å². The van der Waals surface area contributed by atoms with E-state index in [4.69, 9.17) is 10.5 Å². The highest BCUT2D eigenvalue weighted by Gasteiger charge is 2.44. The molecule has 1 heterocycles. The SMILES string of the molecule is COc1cccc2c1CCC2(N)C(=O)N(C)CCc1ccncc1. The Hall–Kier alpha value is -2.40. The Bertz CT molecular complexity index is 733. The van der Waals surface area contributed by atoms with Crippen molar-refractivity contribution in [3.63, 3.8) is 0 Å². The Morgan fingerprint density at radius 3 is 2.79 bits per heavy atom. The van der Waals surface area contributed by atoms with E-state index in [2.05, 4.69) is 4.98 Å². The summed E-state index contributed by atoms with van der Waals surface area (Å²) in [6, 6.07) is 9.69. The van der Waals surface area contributed by atoms with Crippen LogP contribution in [0.3, 0.4) is 0 Å². The van der Waals surface area contributed by atoms with Crippen LogP contribution < -0.4 is 10.5 Å². The van der Waals surface area contributed by atoms with Crippen molar-refractivity contribution in [3.05, 3.63) is 59.4 Å². The van der Waals surface area contributed by atoms with Gasteiger partial charge in [0.25, 0.3) is 0 Å². The number of amides is 1. The number of fused-ring (bicyclic) bond motifs is 1. The summed E-state index contributed by atoms with van der Waals surface area (Å²) < 4.78 is 5.41. The number of hydrogen-bond donors (Lipinski definition) is 1. The van der Waals surface area contributed by atoms with Crippen molar-refractivity contribution in [2.24, 2.45) is 5.73 Å². The number of benzene rings is 1. The molecule has 0 bridgehead atoms. The molecule has 5 nitrogen and oxygen atoms in total. The molecule has 1 unspecified atom stereocenters. The standard InChI is InChI=1S/C19H23N3O2/c1-22(13-9-14-7-11-21-12-8-14)18(23)19(20)10-6-15-16(19)4-3-5-17(15)24-2/h3-5,7-8,11-12H,6,9-10,13,20H2,1-2H3. The lowest BCUT2D eigenvalue weighted by Gasteiger charge is -2.30. The van der Waals surface area contributed by atoms with Gasteiger partial charge in [0.1, 0.15) is 11.3 Å². The molecule has 0 radical (unpaired) electrons. The number of aromatic nitrogens is 1. The minimum atomic E-state index is -0.961. The molecule has 3 rings (SSSR count). The highest BCUT2D eigenvalue weighted by atomic mass is 16.5. The number of nitrogens with zero attached hydrogens (tertiary/aromatic N) is 2. The van der Waals surface area contributed by atoms with Gasteiger partial charge in [0.2, 0.25) is 5.91 Å². The third-order valence-corrected chi connectivity index (χ3v) is 4.82. The minimum Gasteiger partial charge on any atom is -0.496 e. The number of nitrogens with two attached hydrogens (primary N) is 1. The van der Waals surface area contributed by atoms with Crippen LogP contribution in [-0.4, -0.2) is 36.5 Å². The maximum absolute atomic E-state index is 13.0. The molecule has 1 aliphatic carbocycles. The lowest BCUT2D eigenvalue weighted by Crippen LogP contribution is -2.50. The zero-order valence-corrected chi connectivity index (χ0v) is 14.2. The van der Waals surface area contributed by atoms with Gasteiger partial charge in [0.05, 0.1) is 7.11 Å². The first-order valence-corrected chi connectivity index (χ1v) is 8.16. The molecule has 0 saturated carbocycles. The summed E-state index contributed by atoms with van der Waals surface area (Å²) in [6.45, 7) is 0.626. The summed E-state index contributed by atoms with van der Waals surface area (Å²) in [5, 5.41) is 0. The minimum absolute atomic E-state index is 0.0384. The normalized spacial score (nSPS) is 19.0. The van der Waals surface area contributed by atoms with Gasteiger partial charge in [0, 0.05) is 26.0 Å². The van der Waals surface area contributed by atoms with Crippen molar-refractivity contribution in [1.29, 1.82) is 0 Å². The zero-order valence-electron chi connectivity index (χ0n) is 14.2. The number of hydrogen-bond acceptors (Lipinski definition) is 4. The predicted octanol–water partition coefficient (Wildman–Crippen LogP) is 1.89. The van der Waals surface area contributed by atoms with Gasteiger partial charge in [-0.05, 0) is 54.2 Å². The Balaban J connectivity index is 1.76. The summed E-state index contributed by atoms with van der Waals surface area (Å²) in [7, 11) is 3.46. The summed E-state index contributed by atoms with van der Waals surface area (Å²) >= 11 is 0. The van der Waals surface area contributed by atoms with Crippen LogP contribution in [0.1, 0.15) is 23.1 Å². The second-order valence-corrected chi connectivity index (χ2v) is 6.29. The van der Waals surface area contributed by atoms with Gasteiger partial charge < -0.3 is 15.4 Å². The van der Waals surface area contributed by atoms with E-state index in [1.807, 2.05) is 37.4 Å². The average molecular weight is 325 g/mol. The summed E-state index contributed by atoms with van der Waals surface area (Å²) in [6.07, 6.45) is 5.69. The van der Waals surface area contributed by atoms with Crippen LogP contribution in [-0.2, 0) is 23.2 Å². The molecular formula is C19H23N3O2. The van der Waals surface area contributed by atoms with Crippen molar-refractivity contribution in [2.45, 2.75) is 24.8 Å². The number of carbonyl (C=O) groups excluding carboxylic acids is 1. The molecule has 1 atom stereocenters. The maximum Gasteiger partial charge on any atom is 0.247 e. The predicted molar refractivity (Wildman–Crippen MR) is 92.8 cm³/mol. The first-order valence-electron chi connectivity index (χ1n) is 8.16. The summed E-state index contributed by atoms with van der Waals surface area (Å²) in [4.78, 5) is 18.7. The molecule has 2 N–H and O–H groups in total. The highest BCUT2D eigenvalue weighted by molar-refractivity contribution is 5.89. The fourth-order valence-corrected chi connectivity index (χ4v) is 3.40. The van der Waals surface area contributed by atoms with Crippen molar-refractivity contribution in [1.82, 2.24) is 9.88 Å². The molecule has 0 aliphatic heterocycles. The van der Waals surface area contributed by atoms with Crippen LogP contribution in [0.5, 0.6) is 5.75 Å². The number of likely N-dealkylation sites (N-methyl/N-ethyl adjacent to an activating group) is 1. The Morgan fingerprint density at radius 1 is 1.33 bits per heavy atom. The maximum atomic E-state index is 13.0. The highest BCUT2D eigenvalue weighted by Crippen LogP contribution is 2.40. The van der Waals surface area contributed by atoms with E-state index in [0.717, 1.165) is 35.3 Å². The van der Waals surface area contributed by atoms with Crippen LogP contribution in [0, 0.1) is 0 Å². The Morgan fingerprint density at radius 2 is 2.08 bits per heavy atom. The van der Waals surface area contributed by atoms with Crippen molar-refractivity contribution in [2.75, 3.05) is 20.7 Å². The third-order valence-electron chi connectivity index (χ3n) is 4.82. The average Bonchev–Trinajstić information content (AvgIpc) is 2.98. The Kier molecular flexibility index (Phi) is 4.53. The van der Waals surface area contributed by atoms with Crippen LogP contribution in [0.15, 0.2) is 42.7 Å². The molecule has 0 saturated heterocycles. The van der Waals surface area contributed by atoms with Crippen LogP contribution in [0.4, 0.5) is 0 Å². The smallest absolute Gasteiger partial charge is 0.247 e. The number of pyridine rings is 1. The molecule has 24 heavy (non-hydrogen) atoms. The van der Waals surface area contributed by atoms with Crippen molar-refractivity contribution >= 4 is 5.91 Å². The molecule has 2 aromatic rings. The second-order valence-electron chi connectivity index (χ2n) is 6.29. The van der Waals surface area contributed by atoms with E-state index in [-0.39, 0.29) is 5.91 Å². The lowest BCUT2D eigenvalue weighted by atomic mass is 9.91. The van der Waals surface area contributed by atoms with Gasteiger partial charge in [-0.3, -0.25) is 9.78 Å². The summed E-state index contributed by atoms with van der Waals surface area (Å²) in [5.41, 5.74) is 8.69. The molecule has 1 amide bonds. The van der Waals surface area contributed by atoms with Crippen molar-refractivity contribution in [3.8, 4) is 5.75 Å².